The molecule has 2 heterocycles. The van der Waals surface area contributed by atoms with Crippen LogP contribution in [-0.4, -0.2) is 62.6 Å². The Morgan fingerprint density at radius 3 is 2.28 bits per heavy atom. The van der Waals surface area contributed by atoms with E-state index in [-0.39, 0.29) is 19.0 Å². The van der Waals surface area contributed by atoms with Crippen molar-refractivity contribution in [2.45, 2.75) is 12.5 Å². The molecule has 2 aliphatic heterocycles. The molecule has 3 aromatic rings. The number of fused-ring (bicyclic) bond motifs is 2. The number of likely N-dealkylation sites (N-methyl/N-ethyl adjacent to an activating group) is 2. The highest BCUT2D eigenvalue weighted by molar-refractivity contribution is 6.64. The summed E-state index contributed by atoms with van der Waals surface area (Å²) < 4.78 is 10.9. The number of carbonyl (C=O) groups is 2. The normalized spacial score (nSPS) is 20.3. The molecule has 162 valence electrons. The van der Waals surface area contributed by atoms with Crippen molar-refractivity contribution in [3.8, 4) is 0 Å². The Kier molecular flexibility index (Phi) is 5.45. The van der Waals surface area contributed by atoms with Crippen molar-refractivity contribution in [3.05, 3.63) is 77.4 Å². The molecular formula is C25H25BN2O4. The van der Waals surface area contributed by atoms with Gasteiger partial charge in [-0.1, -0.05) is 60.7 Å². The fourth-order valence-electron chi connectivity index (χ4n) is 4.69. The van der Waals surface area contributed by atoms with E-state index in [9.17, 15) is 9.59 Å². The van der Waals surface area contributed by atoms with Crippen molar-refractivity contribution in [1.82, 2.24) is 9.80 Å². The minimum absolute atomic E-state index is 0.0588. The van der Waals surface area contributed by atoms with Crippen LogP contribution in [0.1, 0.15) is 22.6 Å². The molecule has 1 unspecified atom stereocenters. The molecule has 5 rings (SSSR count). The number of nitrogens with zero attached hydrogens (tertiary/aromatic N) is 2. The summed E-state index contributed by atoms with van der Waals surface area (Å²) in [6.45, 7) is 1.82. The summed E-state index contributed by atoms with van der Waals surface area (Å²) in [4.78, 5) is 28.2. The highest BCUT2D eigenvalue weighted by Crippen LogP contribution is 2.34. The molecule has 0 aliphatic carbocycles. The SMILES string of the molecule is CN1CC(=O)OB(c2ccc3c(c2)CN(C)CC3c2ccc3ccccc3c2)OC(=O)C1. The van der Waals surface area contributed by atoms with Crippen molar-refractivity contribution >= 4 is 35.3 Å². The summed E-state index contributed by atoms with van der Waals surface area (Å²) in [5.74, 6) is -0.582. The minimum Gasteiger partial charge on any atom is -0.494 e. The zero-order valence-corrected chi connectivity index (χ0v) is 18.3. The smallest absolute Gasteiger partial charge is 0.494 e. The quantitative estimate of drug-likeness (QED) is 0.584. The average molecular weight is 428 g/mol. The summed E-state index contributed by atoms with van der Waals surface area (Å²) in [5.41, 5.74) is 4.37. The van der Waals surface area contributed by atoms with Crippen LogP contribution >= 0.6 is 0 Å². The van der Waals surface area contributed by atoms with Crippen LogP contribution in [-0.2, 0) is 25.4 Å². The van der Waals surface area contributed by atoms with Gasteiger partial charge in [0, 0.05) is 24.5 Å². The van der Waals surface area contributed by atoms with Gasteiger partial charge >= 0.3 is 19.1 Å². The molecule has 1 fully saturated rings. The van der Waals surface area contributed by atoms with Crippen molar-refractivity contribution in [2.24, 2.45) is 0 Å². The Morgan fingerprint density at radius 2 is 1.53 bits per heavy atom. The first kappa shape index (κ1) is 20.7. The van der Waals surface area contributed by atoms with Gasteiger partial charge in [-0.25, -0.2) is 0 Å². The highest BCUT2D eigenvalue weighted by Gasteiger charge is 2.35. The van der Waals surface area contributed by atoms with Crippen LogP contribution in [0.3, 0.4) is 0 Å². The molecular weight excluding hydrogens is 403 g/mol. The second-order valence-electron chi connectivity index (χ2n) is 8.80. The van der Waals surface area contributed by atoms with Crippen LogP contribution in [0.4, 0.5) is 0 Å². The summed E-state index contributed by atoms with van der Waals surface area (Å²) >= 11 is 0. The van der Waals surface area contributed by atoms with E-state index >= 15 is 0 Å². The molecule has 3 aromatic carbocycles. The lowest BCUT2D eigenvalue weighted by atomic mass is 9.74. The maximum Gasteiger partial charge on any atom is 0.636 e. The molecule has 6 nitrogen and oxygen atoms in total. The fourth-order valence-corrected chi connectivity index (χ4v) is 4.69. The van der Waals surface area contributed by atoms with Crippen LogP contribution in [0.2, 0.25) is 0 Å². The van der Waals surface area contributed by atoms with Gasteiger partial charge in [0.25, 0.3) is 0 Å². The van der Waals surface area contributed by atoms with Gasteiger partial charge in [0.1, 0.15) is 0 Å². The minimum atomic E-state index is -1.01. The Labute approximate surface area is 187 Å². The summed E-state index contributed by atoms with van der Waals surface area (Å²) in [6, 6.07) is 21.1. The third kappa shape index (κ3) is 4.14. The standard InChI is InChI=1S/C25H25BN2O4/c1-27-13-20-12-21(26-31-24(29)15-28(2)16-25(30)32-26)9-10-22(20)23(14-27)19-8-7-17-5-3-4-6-18(17)11-19/h3-12,23H,13-16H2,1-2H3. The van der Waals surface area contributed by atoms with E-state index in [0.29, 0.717) is 5.46 Å². The fraction of sp³-hybridized carbons (Fsp3) is 0.280. The molecule has 0 amide bonds. The van der Waals surface area contributed by atoms with E-state index in [1.54, 1.807) is 11.9 Å². The molecule has 0 N–H and O–H groups in total. The predicted molar refractivity (Wildman–Crippen MR) is 124 cm³/mol. The number of hydrogen-bond donors (Lipinski definition) is 0. The van der Waals surface area contributed by atoms with Crippen molar-refractivity contribution in [2.75, 3.05) is 33.7 Å². The lowest BCUT2D eigenvalue weighted by Crippen LogP contribution is -2.48. The molecule has 2 aliphatic rings. The first-order valence-electron chi connectivity index (χ1n) is 10.8. The molecule has 0 bridgehead atoms. The Morgan fingerprint density at radius 1 is 0.812 bits per heavy atom. The van der Waals surface area contributed by atoms with Crippen molar-refractivity contribution < 1.29 is 18.9 Å². The summed E-state index contributed by atoms with van der Waals surface area (Å²) in [6.07, 6.45) is 0. The Hall–Kier alpha value is -3.16. The molecule has 0 spiro atoms. The van der Waals surface area contributed by atoms with Gasteiger partial charge in [-0.15, -0.1) is 0 Å². The molecule has 7 heteroatoms. The lowest BCUT2D eigenvalue weighted by Gasteiger charge is -2.33. The third-order valence-corrected chi connectivity index (χ3v) is 6.20. The molecule has 0 saturated carbocycles. The monoisotopic (exact) mass is 428 g/mol. The van der Waals surface area contributed by atoms with Crippen molar-refractivity contribution in [1.29, 1.82) is 0 Å². The van der Waals surface area contributed by atoms with Gasteiger partial charge in [-0.2, -0.15) is 0 Å². The van der Waals surface area contributed by atoms with E-state index in [2.05, 4.69) is 60.5 Å². The Bertz CT molecular complexity index is 1180. The van der Waals surface area contributed by atoms with Gasteiger partial charge in [-0.05, 0) is 41.6 Å². The molecule has 0 radical (unpaired) electrons. The zero-order valence-electron chi connectivity index (χ0n) is 18.3. The number of carbonyl (C=O) groups excluding carboxylic acids is 2. The first-order valence-corrected chi connectivity index (χ1v) is 10.8. The molecule has 1 saturated heterocycles. The number of rotatable bonds is 2. The summed E-state index contributed by atoms with van der Waals surface area (Å²) in [5, 5.41) is 2.46. The van der Waals surface area contributed by atoms with E-state index < -0.39 is 19.1 Å². The maximum absolute atomic E-state index is 12.2. The van der Waals surface area contributed by atoms with E-state index in [4.69, 9.17) is 9.31 Å². The van der Waals surface area contributed by atoms with Gasteiger partial charge in [-0.3, -0.25) is 14.5 Å². The molecule has 0 aromatic heterocycles. The van der Waals surface area contributed by atoms with Crippen LogP contribution in [0, 0.1) is 0 Å². The number of hydrogen-bond acceptors (Lipinski definition) is 6. The zero-order chi connectivity index (χ0) is 22.2. The number of benzene rings is 3. The molecule has 32 heavy (non-hydrogen) atoms. The van der Waals surface area contributed by atoms with Crippen LogP contribution < -0.4 is 5.46 Å². The van der Waals surface area contributed by atoms with Gasteiger partial charge in [0.2, 0.25) is 0 Å². The van der Waals surface area contributed by atoms with Gasteiger partial charge in [0.05, 0.1) is 13.1 Å². The van der Waals surface area contributed by atoms with Crippen LogP contribution in [0.15, 0.2) is 60.7 Å². The van der Waals surface area contributed by atoms with Crippen molar-refractivity contribution in [3.63, 3.8) is 0 Å². The Balaban J connectivity index is 1.48. The highest BCUT2D eigenvalue weighted by atomic mass is 16.6. The largest absolute Gasteiger partial charge is 0.636 e. The second kappa shape index (κ2) is 8.41. The predicted octanol–water partition coefficient (Wildman–Crippen LogP) is 2.14. The van der Waals surface area contributed by atoms with E-state index in [1.807, 2.05) is 12.1 Å². The average Bonchev–Trinajstić information content (AvgIpc) is 2.76. The third-order valence-electron chi connectivity index (χ3n) is 6.20. The second-order valence-corrected chi connectivity index (χ2v) is 8.80. The van der Waals surface area contributed by atoms with Gasteiger partial charge in [0.15, 0.2) is 0 Å². The summed E-state index contributed by atoms with van der Waals surface area (Å²) in [7, 11) is 2.78. The maximum atomic E-state index is 12.2. The van der Waals surface area contributed by atoms with Crippen LogP contribution in [0.25, 0.3) is 10.8 Å². The molecule has 1 atom stereocenters. The van der Waals surface area contributed by atoms with Crippen LogP contribution in [0.5, 0.6) is 0 Å². The van der Waals surface area contributed by atoms with Gasteiger partial charge < -0.3 is 14.2 Å². The topological polar surface area (TPSA) is 59.1 Å². The lowest BCUT2D eigenvalue weighted by molar-refractivity contribution is -0.145. The van der Waals surface area contributed by atoms with E-state index in [0.717, 1.165) is 18.7 Å². The first-order chi connectivity index (χ1) is 15.5. The van der Waals surface area contributed by atoms with E-state index in [1.165, 1.54) is 21.9 Å².